The first kappa shape index (κ1) is 18.9. The summed E-state index contributed by atoms with van der Waals surface area (Å²) in [6.07, 6.45) is 6.13. The number of amides is 2. The molecule has 126 valence electrons. The highest BCUT2D eigenvalue weighted by Gasteiger charge is 2.08. The highest BCUT2D eigenvalue weighted by atomic mass is 16.3. The number of aliphatic hydroxyl groups is 1. The van der Waals surface area contributed by atoms with Gasteiger partial charge in [-0.25, -0.2) is 0 Å². The molecule has 0 aromatic heterocycles. The predicted molar refractivity (Wildman–Crippen MR) is 92.0 cm³/mol. The van der Waals surface area contributed by atoms with Crippen LogP contribution in [-0.2, 0) is 4.79 Å². The Kier molecular flexibility index (Phi) is 8.05. The summed E-state index contributed by atoms with van der Waals surface area (Å²) in [4.78, 5) is 25.0. The highest BCUT2D eigenvalue weighted by Crippen LogP contribution is 2.09. The topological polar surface area (TPSA) is 69.6 Å². The third kappa shape index (κ3) is 7.10. The number of nitrogens with zero attached hydrogens (tertiary/aromatic N) is 1. The zero-order valence-electron chi connectivity index (χ0n) is 14.1. The molecule has 0 heterocycles. The molecule has 0 fully saturated rings. The van der Waals surface area contributed by atoms with E-state index in [0.29, 0.717) is 12.0 Å². The molecule has 23 heavy (non-hydrogen) atoms. The van der Waals surface area contributed by atoms with Crippen molar-refractivity contribution in [1.29, 1.82) is 0 Å². The number of hydrogen-bond donors (Lipinski definition) is 2. The first-order chi connectivity index (χ1) is 10.9. The van der Waals surface area contributed by atoms with Crippen molar-refractivity contribution in [3.63, 3.8) is 0 Å². The Morgan fingerprint density at radius 3 is 2.74 bits per heavy atom. The first-order valence-corrected chi connectivity index (χ1v) is 7.82. The van der Waals surface area contributed by atoms with Crippen molar-refractivity contribution >= 4 is 17.9 Å². The van der Waals surface area contributed by atoms with Crippen LogP contribution in [-0.4, -0.2) is 48.6 Å². The lowest BCUT2D eigenvalue weighted by atomic mass is 10.1. The van der Waals surface area contributed by atoms with Gasteiger partial charge in [0.05, 0.1) is 6.61 Å². The van der Waals surface area contributed by atoms with E-state index in [1.807, 2.05) is 24.3 Å². The largest absolute Gasteiger partial charge is 0.394 e. The molecule has 0 saturated carbocycles. The van der Waals surface area contributed by atoms with E-state index in [1.165, 1.54) is 0 Å². The summed E-state index contributed by atoms with van der Waals surface area (Å²) >= 11 is 0. The van der Waals surface area contributed by atoms with Crippen molar-refractivity contribution in [2.24, 2.45) is 0 Å². The number of carbonyl (C=O) groups is 2. The molecular weight excluding hydrogens is 292 g/mol. The molecule has 2 amide bonds. The minimum absolute atomic E-state index is 0.0863. The molecule has 0 bridgehead atoms. The molecule has 1 rings (SSSR count). The third-order valence-electron chi connectivity index (χ3n) is 3.37. The van der Waals surface area contributed by atoms with E-state index in [2.05, 4.69) is 5.32 Å². The van der Waals surface area contributed by atoms with Crippen molar-refractivity contribution in [3.05, 3.63) is 41.5 Å². The number of aliphatic hydroxyl groups excluding tert-OH is 1. The molecule has 1 atom stereocenters. The lowest BCUT2D eigenvalue weighted by Crippen LogP contribution is -2.34. The summed E-state index contributed by atoms with van der Waals surface area (Å²) in [6.45, 7) is 1.66. The van der Waals surface area contributed by atoms with Gasteiger partial charge in [-0.05, 0) is 37.5 Å². The number of allylic oxidation sites excluding steroid dienone is 1. The Morgan fingerprint density at radius 2 is 2.09 bits per heavy atom. The van der Waals surface area contributed by atoms with Gasteiger partial charge in [0.2, 0.25) is 5.91 Å². The molecule has 0 unspecified atom stereocenters. The fourth-order valence-corrected chi connectivity index (χ4v) is 1.95. The first-order valence-electron chi connectivity index (χ1n) is 7.82. The summed E-state index contributed by atoms with van der Waals surface area (Å²) in [7, 11) is 3.51. The van der Waals surface area contributed by atoms with Crippen LogP contribution < -0.4 is 5.32 Å². The monoisotopic (exact) mass is 318 g/mol. The zero-order valence-corrected chi connectivity index (χ0v) is 14.1. The van der Waals surface area contributed by atoms with Crippen LogP contribution in [0.25, 0.3) is 6.08 Å². The number of rotatable bonds is 8. The summed E-state index contributed by atoms with van der Waals surface area (Å²) < 4.78 is 0. The van der Waals surface area contributed by atoms with Gasteiger partial charge in [-0.15, -0.1) is 0 Å². The van der Waals surface area contributed by atoms with Crippen LogP contribution in [0.4, 0.5) is 0 Å². The van der Waals surface area contributed by atoms with Crippen LogP contribution in [0.5, 0.6) is 0 Å². The summed E-state index contributed by atoms with van der Waals surface area (Å²) in [6, 6.07) is 7.03. The van der Waals surface area contributed by atoms with Gasteiger partial charge in [-0.1, -0.05) is 24.3 Å². The van der Waals surface area contributed by atoms with E-state index in [4.69, 9.17) is 5.11 Å². The standard InChI is InChI=1S/C18H26N2O3/c1-14(13-21)19-18(23)16-10-7-9-15(12-16)8-5-4-6-11-17(22)20(2)3/h5,7-10,12,14,21H,4,6,11,13H2,1-3H3,(H,19,23)/t14-/m1/s1. The maximum absolute atomic E-state index is 12.0. The molecule has 1 aromatic carbocycles. The van der Waals surface area contributed by atoms with Gasteiger partial charge < -0.3 is 15.3 Å². The second-order valence-corrected chi connectivity index (χ2v) is 5.77. The Morgan fingerprint density at radius 1 is 1.35 bits per heavy atom. The zero-order chi connectivity index (χ0) is 17.2. The average molecular weight is 318 g/mol. The third-order valence-corrected chi connectivity index (χ3v) is 3.37. The van der Waals surface area contributed by atoms with E-state index in [0.717, 1.165) is 18.4 Å². The van der Waals surface area contributed by atoms with E-state index in [9.17, 15) is 9.59 Å². The number of unbranched alkanes of at least 4 members (excludes halogenated alkanes) is 1. The second kappa shape index (κ2) is 9.79. The van der Waals surface area contributed by atoms with Gasteiger partial charge in [0.1, 0.15) is 0 Å². The van der Waals surface area contributed by atoms with Gasteiger partial charge in [-0.2, -0.15) is 0 Å². The number of carbonyl (C=O) groups excluding carboxylic acids is 2. The van der Waals surface area contributed by atoms with Crippen molar-refractivity contribution < 1.29 is 14.7 Å². The quantitative estimate of drug-likeness (QED) is 0.721. The Bertz CT molecular complexity index is 553. The van der Waals surface area contributed by atoms with Crippen molar-refractivity contribution in [2.75, 3.05) is 20.7 Å². The SMILES string of the molecule is C[C@H](CO)NC(=O)c1cccc(C=CCCCC(=O)N(C)C)c1. The van der Waals surface area contributed by atoms with Crippen LogP contribution in [0.2, 0.25) is 0 Å². The molecule has 0 aliphatic carbocycles. The molecular formula is C18H26N2O3. The molecule has 5 heteroatoms. The number of nitrogens with one attached hydrogen (secondary N) is 1. The van der Waals surface area contributed by atoms with Crippen LogP contribution in [0.15, 0.2) is 30.3 Å². The Hall–Kier alpha value is -2.14. The van der Waals surface area contributed by atoms with E-state index < -0.39 is 0 Å². The smallest absolute Gasteiger partial charge is 0.251 e. The maximum Gasteiger partial charge on any atom is 0.251 e. The molecule has 2 N–H and O–H groups in total. The fraction of sp³-hybridized carbons (Fsp3) is 0.444. The second-order valence-electron chi connectivity index (χ2n) is 5.77. The van der Waals surface area contributed by atoms with E-state index in [-0.39, 0.29) is 24.5 Å². The minimum atomic E-state index is -0.268. The highest BCUT2D eigenvalue weighted by molar-refractivity contribution is 5.94. The van der Waals surface area contributed by atoms with Crippen molar-refractivity contribution in [3.8, 4) is 0 Å². The van der Waals surface area contributed by atoms with Crippen LogP contribution in [0.3, 0.4) is 0 Å². The van der Waals surface area contributed by atoms with Gasteiger partial charge in [-0.3, -0.25) is 9.59 Å². The van der Waals surface area contributed by atoms with Gasteiger partial charge in [0.25, 0.3) is 5.91 Å². The molecule has 0 aliphatic heterocycles. The van der Waals surface area contributed by atoms with Crippen LogP contribution in [0.1, 0.15) is 42.1 Å². The molecule has 1 aromatic rings. The summed E-state index contributed by atoms with van der Waals surface area (Å²) in [5.74, 6) is -0.0616. The molecule has 0 aliphatic rings. The lowest BCUT2D eigenvalue weighted by molar-refractivity contribution is -0.128. The van der Waals surface area contributed by atoms with E-state index in [1.54, 1.807) is 38.1 Å². The normalized spacial score (nSPS) is 12.2. The minimum Gasteiger partial charge on any atom is -0.394 e. The van der Waals surface area contributed by atoms with E-state index >= 15 is 0 Å². The Labute approximate surface area is 138 Å². The van der Waals surface area contributed by atoms with Crippen molar-refractivity contribution in [2.45, 2.75) is 32.2 Å². The van der Waals surface area contributed by atoms with Gasteiger partial charge >= 0.3 is 0 Å². The fourth-order valence-electron chi connectivity index (χ4n) is 1.95. The summed E-state index contributed by atoms with van der Waals surface area (Å²) in [5.41, 5.74) is 1.50. The molecule has 0 saturated heterocycles. The van der Waals surface area contributed by atoms with Gasteiger partial charge in [0, 0.05) is 32.1 Å². The summed E-state index contributed by atoms with van der Waals surface area (Å²) in [5, 5.41) is 11.7. The van der Waals surface area contributed by atoms with Crippen LogP contribution >= 0.6 is 0 Å². The lowest BCUT2D eigenvalue weighted by Gasteiger charge is -2.10. The molecule has 5 nitrogen and oxygen atoms in total. The predicted octanol–water partition coefficient (Wildman–Crippen LogP) is 2.07. The number of hydrogen-bond acceptors (Lipinski definition) is 3. The Balaban J connectivity index is 2.52. The molecule has 0 radical (unpaired) electrons. The average Bonchev–Trinajstić information content (AvgIpc) is 2.54. The molecule has 0 spiro atoms. The van der Waals surface area contributed by atoms with Crippen molar-refractivity contribution in [1.82, 2.24) is 10.2 Å². The van der Waals surface area contributed by atoms with Crippen LogP contribution in [0, 0.1) is 0 Å². The number of benzene rings is 1. The maximum atomic E-state index is 12.0. The van der Waals surface area contributed by atoms with Gasteiger partial charge in [0.15, 0.2) is 0 Å².